The van der Waals surface area contributed by atoms with Crippen molar-refractivity contribution in [3.8, 4) is 0 Å². The first-order chi connectivity index (χ1) is 9.36. The van der Waals surface area contributed by atoms with Gasteiger partial charge >= 0.3 is 11.9 Å². The number of rotatable bonds is 9. The van der Waals surface area contributed by atoms with E-state index in [9.17, 15) is 14.4 Å². The molecule has 20 heavy (non-hydrogen) atoms. The lowest BCUT2D eigenvalue weighted by Gasteiger charge is -1.95. The van der Waals surface area contributed by atoms with Gasteiger partial charge in [0.25, 0.3) is 0 Å². The quantitative estimate of drug-likeness (QED) is 0.252. The Morgan fingerprint density at radius 3 is 1.80 bits per heavy atom. The van der Waals surface area contributed by atoms with Crippen LogP contribution in [0, 0.1) is 0 Å². The topological polar surface area (TPSA) is 124 Å². The minimum Gasteiger partial charge on any atom is -0.478 e. The second-order valence-corrected chi connectivity index (χ2v) is 3.72. The van der Waals surface area contributed by atoms with Crippen LogP contribution in [0.3, 0.4) is 0 Å². The summed E-state index contributed by atoms with van der Waals surface area (Å²) in [4.78, 5) is 33.0. The summed E-state index contributed by atoms with van der Waals surface area (Å²) in [6, 6.07) is 0. The molecule has 0 atom stereocenters. The molecule has 0 spiro atoms. The fourth-order valence-electron chi connectivity index (χ4n) is 0.923. The fourth-order valence-corrected chi connectivity index (χ4v) is 0.923. The van der Waals surface area contributed by atoms with Crippen molar-refractivity contribution < 1.29 is 29.7 Å². The van der Waals surface area contributed by atoms with Gasteiger partial charge in [-0.3, -0.25) is 0 Å². The van der Waals surface area contributed by atoms with Crippen molar-refractivity contribution in [2.75, 3.05) is 13.2 Å². The van der Waals surface area contributed by atoms with E-state index < -0.39 is 11.9 Å². The van der Waals surface area contributed by atoms with E-state index in [0.717, 1.165) is 0 Å². The van der Waals surface area contributed by atoms with Crippen LogP contribution in [0.4, 0.5) is 0 Å². The number of hydrogen-bond donors (Lipinski definition) is 3. The van der Waals surface area contributed by atoms with E-state index in [2.05, 4.69) is 18.2 Å². The number of aliphatic hydroxyl groups excluding tert-OH is 1. The zero-order valence-electron chi connectivity index (χ0n) is 11.2. The van der Waals surface area contributed by atoms with Crippen molar-refractivity contribution in [2.24, 2.45) is 4.99 Å². The maximum atomic E-state index is 10.2. The number of carbonyl (C=O) groups is 2. The van der Waals surface area contributed by atoms with E-state index in [4.69, 9.17) is 15.3 Å². The number of aliphatic carboxylic acids is 2. The Bertz CT molecular complexity index is 396. The average Bonchev–Trinajstić information content (AvgIpc) is 2.41. The molecule has 3 N–H and O–H groups in total. The number of isocyanates is 1. The van der Waals surface area contributed by atoms with Gasteiger partial charge in [0, 0.05) is 17.8 Å². The van der Waals surface area contributed by atoms with Crippen LogP contribution >= 0.6 is 0 Å². The Hall–Kier alpha value is -2.24. The third-order valence-electron chi connectivity index (χ3n) is 2.05. The summed E-state index contributed by atoms with van der Waals surface area (Å²) in [5.74, 6) is -1.98. The Morgan fingerprint density at radius 1 is 1.00 bits per heavy atom. The van der Waals surface area contributed by atoms with Crippen molar-refractivity contribution in [1.82, 2.24) is 0 Å². The predicted molar refractivity (Wildman–Crippen MR) is 72.1 cm³/mol. The summed E-state index contributed by atoms with van der Waals surface area (Å²) in [6.07, 6.45) is 3.10. The number of carbonyl (C=O) groups excluding carboxylic acids is 1. The van der Waals surface area contributed by atoms with Gasteiger partial charge in [0.15, 0.2) is 0 Å². The van der Waals surface area contributed by atoms with E-state index >= 15 is 0 Å². The van der Waals surface area contributed by atoms with Crippen LogP contribution < -0.4 is 0 Å². The zero-order valence-corrected chi connectivity index (χ0v) is 11.2. The standard InChI is InChI=1S/C7H9NO3.C6H10O3/c1-6(7(10)11)3-2-4-8-5-9;1-5(6(8)9)3-2-4-7/h1-4H2,(H,10,11);7H,1-4H2,(H,8,9). The van der Waals surface area contributed by atoms with E-state index in [1.807, 2.05) is 0 Å². The molecular formula is C13H19NO6. The van der Waals surface area contributed by atoms with Crippen LogP contribution in [0.1, 0.15) is 25.7 Å². The van der Waals surface area contributed by atoms with Crippen molar-refractivity contribution in [3.05, 3.63) is 24.3 Å². The van der Waals surface area contributed by atoms with Crippen molar-refractivity contribution in [2.45, 2.75) is 25.7 Å². The molecule has 0 aromatic carbocycles. The Kier molecular flexibility index (Phi) is 13.3. The summed E-state index contributed by atoms with van der Waals surface area (Å²) in [5, 5.41) is 24.8. The molecule has 0 aliphatic rings. The molecule has 7 nitrogen and oxygen atoms in total. The molecule has 0 saturated carbocycles. The lowest BCUT2D eigenvalue weighted by atomic mass is 10.2. The smallest absolute Gasteiger partial charge is 0.330 e. The van der Waals surface area contributed by atoms with Gasteiger partial charge in [-0.05, 0) is 25.7 Å². The van der Waals surface area contributed by atoms with Crippen LogP contribution in [0.15, 0.2) is 29.3 Å². The van der Waals surface area contributed by atoms with Crippen molar-refractivity contribution >= 4 is 18.0 Å². The molecule has 0 amide bonds. The first-order valence-corrected chi connectivity index (χ1v) is 5.83. The summed E-state index contributed by atoms with van der Waals surface area (Å²) in [5.41, 5.74) is 0.301. The van der Waals surface area contributed by atoms with Crippen LogP contribution in [0.5, 0.6) is 0 Å². The molecule has 0 unspecified atom stereocenters. The molecule has 0 heterocycles. The maximum absolute atomic E-state index is 10.2. The molecule has 112 valence electrons. The van der Waals surface area contributed by atoms with Gasteiger partial charge in [0.2, 0.25) is 6.08 Å². The SMILES string of the molecule is C=C(CCCN=C=O)C(=O)O.C=C(CCCO)C(=O)O. The molecule has 0 aliphatic carbocycles. The van der Waals surface area contributed by atoms with Crippen LogP contribution in [0.2, 0.25) is 0 Å². The number of carboxylic acids is 2. The highest BCUT2D eigenvalue weighted by Gasteiger charge is 2.02. The van der Waals surface area contributed by atoms with Gasteiger partial charge in [-0.25, -0.2) is 19.4 Å². The summed E-state index contributed by atoms with van der Waals surface area (Å²) >= 11 is 0. The normalized spacial score (nSPS) is 8.65. The highest BCUT2D eigenvalue weighted by molar-refractivity contribution is 5.85. The molecule has 0 saturated heterocycles. The highest BCUT2D eigenvalue weighted by atomic mass is 16.4. The number of hydrogen-bond acceptors (Lipinski definition) is 5. The van der Waals surface area contributed by atoms with Crippen LogP contribution in [-0.2, 0) is 14.4 Å². The summed E-state index contributed by atoms with van der Waals surface area (Å²) in [6.45, 7) is 6.93. The monoisotopic (exact) mass is 285 g/mol. The number of aliphatic imine (C=N–C) groups is 1. The third kappa shape index (κ3) is 13.8. The molecule has 0 rings (SSSR count). The summed E-state index contributed by atoms with van der Waals surface area (Å²) < 4.78 is 0. The minimum absolute atomic E-state index is 0.0201. The first-order valence-electron chi connectivity index (χ1n) is 5.83. The van der Waals surface area contributed by atoms with Gasteiger partial charge in [0.05, 0.1) is 6.54 Å². The van der Waals surface area contributed by atoms with E-state index in [1.54, 1.807) is 0 Å². The van der Waals surface area contributed by atoms with Crippen LogP contribution in [0.25, 0.3) is 0 Å². The first kappa shape index (κ1) is 20.1. The molecular weight excluding hydrogens is 266 g/mol. The average molecular weight is 285 g/mol. The Labute approximate surface area is 117 Å². The van der Waals surface area contributed by atoms with E-state index in [-0.39, 0.29) is 17.8 Å². The number of aliphatic hydroxyl groups is 1. The van der Waals surface area contributed by atoms with Gasteiger partial charge in [-0.2, -0.15) is 0 Å². The second kappa shape index (κ2) is 13.2. The molecule has 0 radical (unpaired) electrons. The lowest BCUT2D eigenvalue weighted by molar-refractivity contribution is -0.133. The molecule has 0 aliphatic heterocycles. The second-order valence-electron chi connectivity index (χ2n) is 3.72. The Morgan fingerprint density at radius 2 is 1.45 bits per heavy atom. The van der Waals surface area contributed by atoms with E-state index in [1.165, 1.54) is 6.08 Å². The minimum atomic E-state index is -1.000. The zero-order chi connectivity index (χ0) is 16.0. The molecule has 7 heteroatoms. The van der Waals surface area contributed by atoms with Gasteiger partial charge in [-0.1, -0.05) is 13.2 Å². The van der Waals surface area contributed by atoms with Crippen molar-refractivity contribution in [3.63, 3.8) is 0 Å². The van der Waals surface area contributed by atoms with Gasteiger partial charge in [-0.15, -0.1) is 0 Å². The van der Waals surface area contributed by atoms with E-state index in [0.29, 0.717) is 32.2 Å². The highest BCUT2D eigenvalue weighted by Crippen LogP contribution is 2.01. The maximum Gasteiger partial charge on any atom is 0.330 e. The molecule has 0 fully saturated rings. The Balaban J connectivity index is 0. The third-order valence-corrected chi connectivity index (χ3v) is 2.05. The summed E-state index contributed by atoms with van der Waals surface area (Å²) in [7, 11) is 0. The number of carboxylic acid groups (broad SMARTS) is 2. The van der Waals surface area contributed by atoms with Crippen LogP contribution in [-0.4, -0.2) is 46.5 Å². The molecule has 0 aromatic heterocycles. The van der Waals surface area contributed by atoms with Gasteiger partial charge < -0.3 is 15.3 Å². The predicted octanol–water partition coefficient (Wildman–Crippen LogP) is 1.14. The number of nitrogens with zero attached hydrogens (tertiary/aromatic N) is 1. The molecule has 0 bridgehead atoms. The lowest BCUT2D eigenvalue weighted by Crippen LogP contribution is -1.99. The van der Waals surface area contributed by atoms with Crippen molar-refractivity contribution in [1.29, 1.82) is 0 Å². The fraction of sp³-hybridized carbons (Fsp3) is 0.462. The molecule has 0 aromatic rings. The van der Waals surface area contributed by atoms with Gasteiger partial charge in [0.1, 0.15) is 0 Å². The largest absolute Gasteiger partial charge is 0.478 e.